The molecule has 0 bridgehead atoms. The van der Waals surface area contributed by atoms with Crippen molar-refractivity contribution < 1.29 is 9.90 Å². The number of benzene rings is 1. The Bertz CT molecular complexity index is 1390. The highest BCUT2D eigenvalue weighted by atomic mass is 32.1. The van der Waals surface area contributed by atoms with E-state index in [2.05, 4.69) is 27.7 Å². The van der Waals surface area contributed by atoms with E-state index in [0.717, 1.165) is 41.8 Å². The number of thiazole rings is 1. The Morgan fingerprint density at radius 2 is 2.03 bits per heavy atom. The number of amides is 1. The third-order valence-corrected chi connectivity index (χ3v) is 9.14. The van der Waals surface area contributed by atoms with E-state index in [0.29, 0.717) is 15.7 Å². The Hall–Kier alpha value is -2.93. The molecule has 8 nitrogen and oxygen atoms in total. The molecule has 1 saturated carbocycles. The van der Waals surface area contributed by atoms with Crippen LogP contribution in [0.5, 0.6) is 0 Å². The summed E-state index contributed by atoms with van der Waals surface area (Å²) in [6, 6.07) is 10.2. The summed E-state index contributed by atoms with van der Waals surface area (Å²) < 4.78 is 2.16. The Morgan fingerprint density at radius 3 is 2.74 bits per heavy atom. The van der Waals surface area contributed by atoms with Crippen LogP contribution in [0.4, 0.5) is 5.69 Å². The maximum Gasteiger partial charge on any atom is 0.270 e. The fraction of sp³-hybridized carbons (Fsp3) is 0.567. The second kappa shape index (κ2) is 12.9. The molecule has 2 heterocycles. The number of aliphatic hydroxyl groups is 1. The normalized spacial score (nSPS) is 21.2. The minimum atomic E-state index is -0.887. The average Bonchev–Trinajstić information content (AvgIpc) is 3.25. The van der Waals surface area contributed by atoms with Crippen LogP contribution < -0.4 is 25.4 Å². The summed E-state index contributed by atoms with van der Waals surface area (Å²) in [6.07, 6.45) is 9.58. The molecule has 2 aliphatic rings. The van der Waals surface area contributed by atoms with E-state index >= 15 is 0 Å². The standard InChI is InChI=1S/C30H41N5O3S/c1-4-35-28(38)26(39-29(35)25(17-31)27(37)33-30(2,3)20-36)18-32-24-11-7-8-21(16-24)12-14-34-15-13-22-9-5-6-10-23(22)19-34/h7-8,11,16,18,22-23,32,36H,4-6,9-10,12-15,19-20H2,1-3H3,(H,33,37)/t22-,23-/m1/s1. The summed E-state index contributed by atoms with van der Waals surface area (Å²) in [6.45, 7) is 8.69. The molecule has 210 valence electrons. The van der Waals surface area contributed by atoms with Crippen LogP contribution in [0.1, 0.15) is 58.4 Å². The molecule has 9 heteroatoms. The van der Waals surface area contributed by atoms with Gasteiger partial charge in [-0.15, -0.1) is 11.3 Å². The van der Waals surface area contributed by atoms with E-state index in [1.807, 2.05) is 18.2 Å². The van der Waals surface area contributed by atoms with E-state index < -0.39 is 11.4 Å². The molecule has 2 atom stereocenters. The first-order valence-corrected chi connectivity index (χ1v) is 14.9. The molecule has 2 fully saturated rings. The highest BCUT2D eigenvalue weighted by molar-refractivity contribution is 7.07. The fourth-order valence-electron chi connectivity index (χ4n) is 5.73. The van der Waals surface area contributed by atoms with Crippen LogP contribution in [-0.4, -0.2) is 52.3 Å². The molecule has 1 aliphatic carbocycles. The van der Waals surface area contributed by atoms with Gasteiger partial charge in [-0.1, -0.05) is 31.4 Å². The van der Waals surface area contributed by atoms with E-state index in [9.17, 15) is 20.0 Å². The zero-order valence-electron chi connectivity index (χ0n) is 23.3. The van der Waals surface area contributed by atoms with Crippen LogP contribution in [0.2, 0.25) is 0 Å². The third kappa shape index (κ3) is 7.18. The van der Waals surface area contributed by atoms with Gasteiger partial charge in [0.15, 0.2) is 5.57 Å². The van der Waals surface area contributed by atoms with Gasteiger partial charge in [0.2, 0.25) is 0 Å². The van der Waals surface area contributed by atoms with Gasteiger partial charge in [-0.2, -0.15) is 5.26 Å². The second-order valence-corrected chi connectivity index (χ2v) is 12.5. The molecule has 0 unspecified atom stereocenters. The molecule has 1 aromatic carbocycles. The summed E-state index contributed by atoms with van der Waals surface area (Å²) >= 11 is 1.11. The van der Waals surface area contributed by atoms with Crippen molar-refractivity contribution in [2.45, 2.75) is 71.4 Å². The van der Waals surface area contributed by atoms with Crippen molar-refractivity contribution in [2.75, 3.05) is 31.6 Å². The lowest BCUT2D eigenvalue weighted by Gasteiger charge is -2.41. The number of carbonyl (C=O) groups is 1. The summed E-state index contributed by atoms with van der Waals surface area (Å²) in [4.78, 5) is 28.5. The molecule has 2 aromatic rings. The molecule has 1 saturated heterocycles. The minimum absolute atomic E-state index is 0.139. The van der Waals surface area contributed by atoms with Crippen LogP contribution in [0.3, 0.4) is 0 Å². The summed E-state index contributed by atoms with van der Waals surface area (Å²) in [5.74, 6) is 1.21. The number of nitriles is 1. The quantitative estimate of drug-likeness (QED) is 0.442. The van der Waals surface area contributed by atoms with E-state index in [-0.39, 0.29) is 17.7 Å². The fourth-order valence-corrected chi connectivity index (χ4v) is 6.82. The molecule has 1 aliphatic heterocycles. The number of likely N-dealkylation sites (tertiary alicyclic amines) is 1. The minimum Gasteiger partial charge on any atom is -0.394 e. The summed E-state index contributed by atoms with van der Waals surface area (Å²) in [5, 5.41) is 25.1. The Kier molecular flexibility index (Phi) is 9.65. The number of hydrogen-bond donors (Lipinski definition) is 3. The van der Waals surface area contributed by atoms with Gasteiger partial charge >= 0.3 is 0 Å². The van der Waals surface area contributed by atoms with Crippen molar-refractivity contribution in [2.24, 2.45) is 11.8 Å². The van der Waals surface area contributed by atoms with Gasteiger partial charge in [0.1, 0.15) is 15.3 Å². The Balaban J connectivity index is 1.48. The number of nitrogens with one attached hydrogen (secondary N) is 2. The largest absolute Gasteiger partial charge is 0.394 e. The lowest BCUT2D eigenvalue weighted by atomic mass is 9.75. The van der Waals surface area contributed by atoms with E-state index in [1.165, 1.54) is 55.3 Å². The highest BCUT2D eigenvalue weighted by Crippen LogP contribution is 2.36. The van der Waals surface area contributed by atoms with Gasteiger partial charge in [-0.3, -0.25) is 14.2 Å². The number of aromatic nitrogens is 1. The van der Waals surface area contributed by atoms with Crippen LogP contribution in [0.15, 0.2) is 29.1 Å². The number of nitrogens with zero attached hydrogens (tertiary/aromatic N) is 3. The molecule has 39 heavy (non-hydrogen) atoms. The van der Waals surface area contributed by atoms with Gasteiger partial charge in [0.05, 0.1) is 12.1 Å². The number of fused-ring (bicyclic) bond motifs is 1. The molecule has 4 rings (SSSR count). The monoisotopic (exact) mass is 551 g/mol. The van der Waals surface area contributed by atoms with Crippen molar-refractivity contribution in [3.63, 3.8) is 0 Å². The van der Waals surface area contributed by atoms with Crippen LogP contribution in [0, 0.1) is 23.2 Å². The first-order valence-electron chi connectivity index (χ1n) is 14.1. The number of piperidine rings is 1. The maximum absolute atomic E-state index is 13.1. The summed E-state index contributed by atoms with van der Waals surface area (Å²) in [7, 11) is 0. The number of anilines is 1. The molecular formula is C30H41N5O3S. The molecule has 1 aromatic heterocycles. The topological polar surface area (TPSA) is 110 Å². The van der Waals surface area contributed by atoms with E-state index in [1.54, 1.807) is 27.0 Å². The lowest BCUT2D eigenvalue weighted by Crippen LogP contribution is -2.47. The molecule has 0 spiro atoms. The van der Waals surface area contributed by atoms with Crippen LogP contribution in [-0.2, 0) is 17.8 Å². The number of rotatable bonds is 9. The van der Waals surface area contributed by atoms with Gasteiger partial charge in [0, 0.05) is 31.5 Å². The average molecular weight is 552 g/mol. The SMILES string of the molecule is CCn1c(=C(C#N)C(=O)NC(C)(C)CO)sc(=CNc2cccc(CCN3CC[C@H]4CCCC[C@@H]4C3)c2)c1=O. The van der Waals surface area contributed by atoms with Gasteiger partial charge < -0.3 is 20.6 Å². The van der Waals surface area contributed by atoms with Crippen molar-refractivity contribution in [1.29, 1.82) is 5.26 Å². The van der Waals surface area contributed by atoms with Crippen molar-refractivity contribution >= 4 is 34.7 Å². The first-order chi connectivity index (χ1) is 18.7. The van der Waals surface area contributed by atoms with Crippen LogP contribution >= 0.6 is 11.3 Å². The molecule has 1 amide bonds. The Labute approximate surface area is 234 Å². The molecule has 3 N–H and O–H groups in total. The highest BCUT2D eigenvalue weighted by Gasteiger charge is 2.30. The molecule has 0 radical (unpaired) electrons. The second-order valence-electron chi connectivity index (χ2n) is 11.4. The van der Waals surface area contributed by atoms with Crippen molar-refractivity contribution in [1.82, 2.24) is 14.8 Å². The third-order valence-electron chi connectivity index (χ3n) is 8.01. The zero-order chi connectivity index (χ0) is 28.0. The summed E-state index contributed by atoms with van der Waals surface area (Å²) in [5.41, 5.74) is 0.860. The predicted molar refractivity (Wildman–Crippen MR) is 157 cm³/mol. The van der Waals surface area contributed by atoms with E-state index in [4.69, 9.17) is 0 Å². The number of carbonyl (C=O) groups excluding carboxylic acids is 1. The predicted octanol–water partition coefficient (Wildman–Crippen LogP) is 2.40. The van der Waals surface area contributed by atoms with Gasteiger partial charge in [0.25, 0.3) is 11.5 Å². The Morgan fingerprint density at radius 1 is 1.26 bits per heavy atom. The zero-order valence-corrected chi connectivity index (χ0v) is 24.1. The van der Waals surface area contributed by atoms with Crippen LogP contribution in [0.25, 0.3) is 11.8 Å². The first kappa shape index (κ1) is 29.1. The van der Waals surface area contributed by atoms with Crippen molar-refractivity contribution in [3.05, 3.63) is 49.4 Å². The maximum atomic E-state index is 13.1. The number of aliphatic hydroxyl groups excluding tert-OH is 1. The number of hydrogen-bond acceptors (Lipinski definition) is 7. The molecular weight excluding hydrogens is 510 g/mol. The van der Waals surface area contributed by atoms with Gasteiger partial charge in [-0.25, -0.2) is 0 Å². The lowest BCUT2D eigenvalue weighted by molar-refractivity contribution is -0.117. The van der Waals surface area contributed by atoms with Crippen molar-refractivity contribution in [3.8, 4) is 6.07 Å². The van der Waals surface area contributed by atoms with Gasteiger partial charge in [-0.05, 0) is 76.1 Å². The smallest absolute Gasteiger partial charge is 0.270 e.